The number of alkyl halides is 5. The van der Waals surface area contributed by atoms with Gasteiger partial charge in [0.15, 0.2) is 0 Å². The van der Waals surface area contributed by atoms with E-state index >= 15 is 0 Å². The van der Waals surface area contributed by atoms with Crippen molar-refractivity contribution in [3.05, 3.63) is 0 Å². The molecule has 0 atom stereocenters. The summed E-state index contributed by atoms with van der Waals surface area (Å²) >= 11 is 0. The molecule has 0 aliphatic heterocycles. The molecule has 0 aromatic heterocycles. The zero-order valence-electron chi connectivity index (χ0n) is 9.74. The normalized spacial score (nSPS) is 13.3. The summed E-state index contributed by atoms with van der Waals surface area (Å²) in [6.07, 6.45) is -5.86. The average Bonchev–Trinajstić information content (AvgIpc) is 2.15. The van der Waals surface area contributed by atoms with Crippen LogP contribution in [-0.2, 0) is 4.79 Å². The number of nitrogens with one attached hydrogen (secondary N) is 1. The monoisotopic (exact) mass is 262 g/mol. The molecule has 0 saturated heterocycles. The first kappa shape index (κ1) is 16.1. The van der Waals surface area contributed by atoms with Gasteiger partial charge in [0.25, 0.3) is 5.91 Å². The fraction of sp³-hybridized carbons (Fsp3) is 0.889. The largest absolute Gasteiger partial charge is 0.463 e. The van der Waals surface area contributed by atoms with Gasteiger partial charge < -0.3 is 10.2 Å². The maximum atomic E-state index is 12.5. The van der Waals surface area contributed by atoms with Crippen molar-refractivity contribution in [1.82, 2.24) is 10.2 Å². The Bertz CT molecular complexity index is 265. The number of carbonyl (C=O) groups is 1. The summed E-state index contributed by atoms with van der Waals surface area (Å²) in [7, 11) is 1.67. The second-order valence-electron chi connectivity index (χ2n) is 3.90. The molecule has 0 aromatic carbocycles. The van der Waals surface area contributed by atoms with Gasteiger partial charge in [0.2, 0.25) is 0 Å². The molecule has 3 nitrogen and oxygen atoms in total. The van der Waals surface area contributed by atoms with Crippen molar-refractivity contribution >= 4 is 5.91 Å². The van der Waals surface area contributed by atoms with E-state index in [-0.39, 0.29) is 19.1 Å². The van der Waals surface area contributed by atoms with Crippen LogP contribution in [0.5, 0.6) is 0 Å². The predicted molar refractivity (Wildman–Crippen MR) is 51.8 cm³/mol. The molecule has 0 aliphatic carbocycles. The zero-order valence-corrected chi connectivity index (χ0v) is 9.74. The van der Waals surface area contributed by atoms with E-state index in [9.17, 15) is 26.7 Å². The van der Waals surface area contributed by atoms with E-state index in [1.807, 2.05) is 13.8 Å². The molecule has 0 fully saturated rings. The van der Waals surface area contributed by atoms with Gasteiger partial charge in [-0.15, -0.1) is 0 Å². The Morgan fingerprint density at radius 1 is 1.24 bits per heavy atom. The highest BCUT2D eigenvalue weighted by Gasteiger charge is 2.63. The zero-order chi connectivity index (χ0) is 13.9. The van der Waals surface area contributed by atoms with Gasteiger partial charge in [-0.25, -0.2) is 0 Å². The third-order valence-electron chi connectivity index (χ3n) is 2.27. The predicted octanol–water partition coefficient (Wildman–Crippen LogP) is 1.64. The van der Waals surface area contributed by atoms with Crippen molar-refractivity contribution in [2.24, 2.45) is 0 Å². The first-order chi connectivity index (χ1) is 7.50. The Kier molecular flexibility index (Phi) is 5.31. The number of hydrogen-bond acceptors (Lipinski definition) is 2. The van der Waals surface area contributed by atoms with E-state index in [1.54, 1.807) is 17.3 Å². The highest BCUT2D eigenvalue weighted by molar-refractivity contribution is 5.84. The lowest BCUT2D eigenvalue weighted by Gasteiger charge is -2.22. The Morgan fingerprint density at radius 2 is 1.71 bits per heavy atom. The van der Waals surface area contributed by atoms with Crippen molar-refractivity contribution in [2.75, 3.05) is 20.1 Å². The van der Waals surface area contributed by atoms with Crippen LogP contribution in [0.3, 0.4) is 0 Å². The molecule has 0 heterocycles. The van der Waals surface area contributed by atoms with Crippen LogP contribution in [0.25, 0.3) is 0 Å². The molecule has 17 heavy (non-hydrogen) atoms. The van der Waals surface area contributed by atoms with E-state index in [0.29, 0.717) is 0 Å². The lowest BCUT2D eigenvalue weighted by Crippen LogP contribution is -2.51. The molecule has 0 saturated carbocycles. The van der Waals surface area contributed by atoms with Crippen LogP contribution in [0, 0.1) is 0 Å². The van der Waals surface area contributed by atoms with Gasteiger partial charge in [0.05, 0.1) is 0 Å². The number of nitrogens with zero attached hydrogens (tertiary/aromatic N) is 1. The molecule has 0 aliphatic rings. The molecule has 0 radical (unpaired) electrons. The number of carbonyl (C=O) groups excluding carboxylic acids is 1. The Morgan fingerprint density at radius 3 is 2.06 bits per heavy atom. The summed E-state index contributed by atoms with van der Waals surface area (Å²) in [6.45, 7) is 3.58. The molecule has 0 spiro atoms. The highest BCUT2D eigenvalue weighted by Crippen LogP contribution is 2.35. The van der Waals surface area contributed by atoms with Crippen LogP contribution in [0.1, 0.15) is 13.8 Å². The molecular weight excluding hydrogens is 247 g/mol. The van der Waals surface area contributed by atoms with Crippen LogP contribution in [0.4, 0.5) is 22.0 Å². The van der Waals surface area contributed by atoms with Crippen LogP contribution in [-0.4, -0.2) is 49.1 Å². The molecule has 1 amide bonds. The summed E-state index contributed by atoms with van der Waals surface area (Å²) in [6, 6.07) is 0.107. The average molecular weight is 262 g/mol. The number of halogens is 5. The van der Waals surface area contributed by atoms with Gasteiger partial charge in [0.1, 0.15) is 0 Å². The quantitative estimate of drug-likeness (QED) is 0.764. The SMILES string of the molecule is CC(C)N(C)CCNC(=O)C(F)(F)C(F)(F)F. The van der Waals surface area contributed by atoms with Crippen molar-refractivity contribution < 1.29 is 26.7 Å². The molecule has 102 valence electrons. The second-order valence-corrected chi connectivity index (χ2v) is 3.90. The summed E-state index contributed by atoms with van der Waals surface area (Å²) < 4.78 is 60.2. The number of likely N-dealkylation sites (N-methyl/N-ethyl adjacent to an activating group) is 1. The van der Waals surface area contributed by atoms with Gasteiger partial charge in [-0.1, -0.05) is 0 Å². The molecule has 0 unspecified atom stereocenters. The Balaban J connectivity index is 4.21. The second kappa shape index (κ2) is 5.61. The van der Waals surface area contributed by atoms with E-state index in [0.717, 1.165) is 0 Å². The van der Waals surface area contributed by atoms with Gasteiger partial charge in [0, 0.05) is 19.1 Å². The van der Waals surface area contributed by atoms with E-state index in [1.165, 1.54) is 0 Å². The topological polar surface area (TPSA) is 32.3 Å². The molecule has 1 N–H and O–H groups in total. The van der Waals surface area contributed by atoms with Crippen molar-refractivity contribution in [2.45, 2.75) is 32.0 Å². The van der Waals surface area contributed by atoms with Crippen LogP contribution in [0.2, 0.25) is 0 Å². The third kappa shape index (κ3) is 4.45. The van der Waals surface area contributed by atoms with Crippen LogP contribution in [0.15, 0.2) is 0 Å². The summed E-state index contributed by atoms with van der Waals surface area (Å²) in [5.74, 6) is -7.66. The van der Waals surface area contributed by atoms with Crippen molar-refractivity contribution in [1.29, 1.82) is 0 Å². The summed E-state index contributed by atoms with van der Waals surface area (Å²) in [5.41, 5.74) is 0. The minimum Gasteiger partial charge on any atom is -0.349 e. The lowest BCUT2D eigenvalue weighted by molar-refractivity contribution is -0.269. The Labute approximate surface area is 96.0 Å². The fourth-order valence-corrected chi connectivity index (χ4v) is 0.844. The smallest absolute Gasteiger partial charge is 0.349 e. The van der Waals surface area contributed by atoms with E-state index in [2.05, 4.69) is 0 Å². The first-order valence-corrected chi connectivity index (χ1v) is 4.93. The maximum Gasteiger partial charge on any atom is 0.463 e. The van der Waals surface area contributed by atoms with Gasteiger partial charge >= 0.3 is 12.1 Å². The standard InChI is InChI=1S/C9H15F5N2O/c1-6(2)16(3)5-4-15-7(17)8(10,11)9(12,13)14/h6H,4-5H2,1-3H3,(H,15,17). The van der Waals surface area contributed by atoms with Gasteiger partial charge in [-0.2, -0.15) is 22.0 Å². The summed E-state index contributed by atoms with van der Waals surface area (Å²) in [5, 5.41) is 1.56. The number of rotatable bonds is 5. The van der Waals surface area contributed by atoms with Crippen molar-refractivity contribution in [3.63, 3.8) is 0 Å². The molecule has 8 heteroatoms. The first-order valence-electron chi connectivity index (χ1n) is 4.93. The summed E-state index contributed by atoms with van der Waals surface area (Å²) in [4.78, 5) is 12.4. The van der Waals surface area contributed by atoms with Crippen molar-refractivity contribution in [3.8, 4) is 0 Å². The van der Waals surface area contributed by atoms with E-state index in [4.69, 9.17) is 0 Å². The lowest BCUT2D eigenvalue weighted by atomic mass is 10.3. The number of amides is 1. The third-order valence-corrected chi connectivity index (χ3v) is 2.27. The molecule has 0 aromatic rings. The molecular formula is C9H15F5N2O. The molecule has 0 bridgehead atoms. The Hall–Kier alpha value is -0.920. The van der Waals surface area contributed by atoms with Crippen LogP contribution >= 0.6 is 0 Å². The number of hydrogen-bond donors (Lipinski definition) is 1. The van der Waals surface area contributed by atoms with Crippen LogP contribution < -0.4 is 5.32 Å². The maximum absolute atomic E-state index is 12.5. The minimum absolute atomic E-state index is 0.107. The van der Waals surface area contributed by atoms with E-state index < -0.39 is 18.0 Å². The van der Waals surface area contributed by atoms with Gasteiger partial charge in [-0.3, -0.25) is 4.79 Å². The highest BCUT2D eigenvalue weighted by atomic mass is 19.4. The molecule has 0 rings (SSSR count). The minimum atomic E-state index is -5.86. The fourth-order valence-electron chi connectivity index (χ4n) is 0.844. The van der Waals surface area contributed by atoms with Gasteiger partial charge in [-0.05, 0) is 20.9 Å².